The Bertz CT molecular complexity index is 459. The van der Waals surface area contributed by atoms with Crippen LogP contribution in [0.4, 0.5) is 4.79 Å². The molecular weight excluding hydrogens is 356 g/mol. The second kappa shape index (κ2) is 21.1. The molecule has 0 rings (SSSR count). The second-order valence-corrected chi connectivity index (χ2v) is 6.30. The first kappa shape index (κ1) is 28.0. The maximum atomic E-state index is 11.9. The molecule has 0 saturated heterocycles. The van der Waals surface area contributed by atoms with Crippen molar-refractivity contribution in [1.29, 1.82) is 0 Å². The van der Waals surface area contributed by atoms with Gasteiger partial charge in [0.15, 0.2) is 0 Å². The summed E-state index contributed by atoms with van der Waals surface area (Å²) < 4.78 is 10.1. The number of rotatable bonds is 13. The lowest BCUT2D eigenvalue weighted by Crippen LogP contribution is -2.35. The van der Waals surface area contributed by atoms with Crippen molar-refractivity contribution in [3.8, 4) is 0 Å². The van der Waals surface area contributed by atoms with Gasteiger partial charge in [-0.1, -0.05) is 44.2 Å². The van der Waals surface area contributed by atoms with Gasteiger partial charge >= 0.3 is 12.1 Å². The van der Waals surface area contributed by atoms with Crippen molar-refractivity contribution in [1.82, 2.24) is 10.6 Å². The zero-order valence-electron chi connectivity index (χ0n) is 18.3. The molecule has 0 aliphatic heterocycles. The summed E-state index contributed by atoms with van der Waals surface area (Å²) in [6, 6.07) is -0.342. The highest BCUT2D eigenvalue weighted by Gasteiger charge is 2.17. The van der Waals surface area contributed by atoms with Gasteiger partial charge in [0.25, 0.3) is 0 Å². The molecule has 0 aromatic carbocycles. The molecule has 0 fully saturated rings. The Kier molecular flexibility index (Phi) is 21.0. The van der Waals surface area contributed by atoms with Crippen LogP contribution in [-0.4, -0.2) is 37.4 Å². The van der Waals surface area contributed by atoms with Crippen LogP contribution in [0, 0.1) is 0 Å². The van der Waals surface area contributed by atoms with Gasteiger partial charge in [-0.3, -0.25) is 0 Å². The highest BCUT2D eigenvalue weighted by Crippen LogP contribution is 2.04. The van der Waals surface area contributed by atoms with E-state index in [1.807, 2.05) is 31.4 Å². The van der Waals surface area contributed by atoms with Crippen LogP contribution in [-0.2, 0) is 14.3 Å². The molecule has 6 heteroatoms. The SMILES string of the molecule is C=C/C=C\C.CCC/C=C/N[C@H](CCCCNC(=O)OC(C)C)C(=O)OCC. The van der Waals surface area contributed by atoms with Gasteiger partial charge < -0.3 is 20.1 Å². The summed E-state index contributed by atoms with van der Waals surface area (Å²) in [7, 11) is 0. The van der Waals surface area contributed by atoms with Crippen molar-refractivity contribution in [2.75, 3.05) is 13.2 Å². The minimum absolute atomic E-state index is 0.123. The first-order chi connectivity index (χ1) is 13.4. The predicted molar refractivity (Wildman–Crippen MR) is 116 cm³/mol. The molecule has 0 bridgehead atoms. The van der Waals surface area contributed by atoms with E-state index in [0.717, 1.165) is 25.7 Å². The highest BCUT2D eigenvalue weighted by atomic mass is 16.6. The number of esters is 1. The summed E-state index contributed by atoms with van der Waals surface area (Å²) in [5.74, 6) is -0.235. The third-order valence-corrected chi connectivity index (χ3v) is 3.30. The highest BCUT2D eigenvalue weighted by molar-refractivity contribution is 5.75. The Morgan fingerprint density at radius 3 is 2.39 bits per heavy atom. The van der Waals surface area contributed by atoms with E-state index >= 15 is 0 Å². The van der Waals surface area contributed by atoms with Crippen LogP contribution in [0.3, 0.4) is 0 Å². The van der Waals surface area contributed by atoms with E-state index in [4.69, 9.17) is 9.47 Å². The summed E-state index contributed by atoms with van der Waals surface area (Å²) >= 11 is 0. The molecule has 0 heterocycles. The third-order valence-electron chi connectivity index (χ3n) is 3.30. The van der Waals surface area contributed by atoms with E-state index in [1.165, 1.54) is 0 Å². The molecular formula is C22H40N2O4. The fraction of sp³-hybridized carbons (Fsp3) is 0.636. The first-order valence-corrected chi connectivity index (χ1v) is 10.2. The van der Waals surface area contributed by atoms with Crippen LogP contribution in [0.25, 0.3) is 0 Å². The summed E-state index contributed by atoms with van der Waals surface area (Å²) in [6.07, 6.45) is 13.2. The maximum Gasteiger partial charge on any atom is 0.407 e. The van der Waals surface area contributed by atoms with Crippen LogP contribution < -0.4 is 10.6 Å². The van der Waals surface area contributed by atoms with Gasteiger partial charge in [0, 0.05) is 6.54 Å². The fourth-order valence-electron chi connectivity index (χ4n) is 2.00. The molecule has 0 aliphatic carbocycles. The van der Waals surface area contributed by atoms with Gasteiger partial charge in [-0.05, 0) is 59.6 Å². The molecule has 0 unspecified atom stereocenters. The van der Waals surface area contributed by atoms with Crippen LogP contribution in [0.2, 0.25) is 0 Å². The van der Waals surface area contributed by atoms with E-state index in [9.17, 15) is 9.59 Å². The number of carbonyl (C=O) groups is 2. The smallest absolute Gasteiger partial charge is 0.407 e. The lowest BCUT2D eigenvalue weighted by Gasteiger charge is -2.16. The molecule has 0 aliphatic rings. The third kappa shape index (κ3) is 20.1. The molecule has 1 amide bonds. The van der Waals surface area contributed by atoms with Crippen molar-refractivity contribution in [3.05, 3.63) is 37.1 Å². The van der Waals surface area contributed by atoms with Crippen molar-refractivity contribution in [3.63, 3.8) is 0 Å². The summed E-state index contributed by atoms with van der Waals surface area (Å²) in [5.41, 5.74) is 0. The maximum absolute atomic E-state index is 11.9. The molecule has 0 aromatic heterocycles. The molecule has 0 saturated carbocycles. The van der Waals surface area contributed by atoms with Crippen LogP contribution >= 0.6 is 0 Å². The van der Waals surface area contributed by atoms with Gasteiger partial charge in [-0.15, -0.1) is 0 Å². The molecule has 28 heavy (non-hydrogen) atoms. The van der Waals surface area contributed by atoms with Gasteiger partial charge in [0.2, 0.25) is 0 Å². The van der Waals surface area contributed by atoms with E-state index < -0.39 is 6.09 Å². The van der Waals surface area contributed by atoms with E-state index in [0.29, 0.717) is 19.6 Å². The number of unbranched alkanes of at least 4 members (excludes halogenated alkanes) is 2. The lowest BCUT2D eigenvalue weighted by atomic mass is 10.1. The molecule has 0 aromatic rings. The Balaban J connectivity index is 0. The zero-order chi connectivity index (χ0) is 21.6. The largest absolute Gasteiger partial charge is 0.464 e. The van der Waals surface area contributed by atoms with Crippen LogP contribution in [0.1, 0.15) is 66.7 Å². The predicted octanol–water partition coefficient (Wildman–Crippen LogP) is 4.87. The molecule has 2 N–H and O–H groups in total. The minimum Gasteiger partial charge on any atom is -0.464 e. The quantitative estimate of drug-likeness (QED) is 0.264. The number of alkyl carbamates (subject to hydrolysis) is 1. The van der Waals surface area contributed by atoms with Crippen molar-refractivity contribution in [2.24, 2.45) is 0 Å². The number of amides is 1. The monoisotopic (exact) mass is 396 g/mol. The number of hydrogen-bond acceptors (Lipinski definition) is 5. The number of nitrogens with one attached hydrogen (secondary N) is 2. The molecule has 0 radical (unpaired) electrons. The fourth-order valence-corrected chi connectivity index (χ4v) is 2.00. The van der Waals surface area contributed by atoms with Gasteiger partial charge in [0.1, 0.15) is 6.04 Å². The average molecular weight is 397 g/mol. The Morgan fingerprint density at radius 1 is 1.18 bits per heavy atom. The standard InChI is InChI=1S/C17H32N2O4.C5H8/c1-5-7-9-12-18-15(16(20)22-6-2)11-8-10-13-19-17(21)23-14(3)4;1-3-5-4-2/h9,12,14-15,18H,5-8,10-11,13H2,1-4H3,(H,19,21);3-5H,1H2,2H3/b12-9+;5-4-/t15-;/m1./s1. The van der Waals surface area contributed by atoms with Crippen molar-refractivity contribution >= 4 is 12.1 Å². The average Bonchev–Trinajstić information content (AvgIpc) is 2.64. The van der Waals surface area contributed by atoms with Gasteiger partial charge in [0.05, 0.1) is 12.7 Å². The minimum atomic E-state index is -0.400. The van der Waals surface area contributed by atoms with Crippen molar-refractivity contribution in [2.45, 2.75) is 78.9 Å². The number of carbonyl (C=O) groups excluding carboxylic acids is 2. The molecule has 1 atom stereocenters. The van der Waals surface area contributed by atoms with E-state index in [-0.39, 0.29) is 18.1 Å². The number of ether oxygens (including phenoxy) is 2. The van der Waals surface area contributed by atoms with E-state index in [2.05, 4.69) is 24.1 Å². The van der Waals surface area contributed by atoms with E-state index in [1.54, 1.807) is 26.8 Å². The van der Waals surface area contributed by atoms with Gasteiger partial charge in [-0.2, -0.15) is 0 Å². The summed E-state index contributed by atoms with van der Waals surface area (Å²) in [6.45, 7) is 13.8. The number of allylic oxidation sites excluding steroid dienone is 4. The number of hydrogen-bond donors (Lipinski definition) is 2. The zero-order valence-corrected chi connectivity index (χ0v) is 18.3. The van der Waals surface area contributed by atoms with Crippen LogP contribution in [0.5, 0.6) is 0 Å². The van der Waals surface area contributed by atoms with Crippen LogP contribution in [0.15, 0.2) is 37.1 Å². The molecule has 6 nitrogen and oxygen atoms in total. The normalized spacial score (nSPS) is 11.6. The first-order valence-electron chi connectivity index (χ1n) is 10.2. The molecule has 0 spiro atoms. The van der Waals surface area contributed by atoms with Gasteiger partial charge in [-0.25, -0.2) is 9.59 Å². The lowest BCUT2D eigenvalue weighted by molar-refractivity contribution is -0.145. The Labute approximate surface area is 171 Å². The Morgan fingerprint density at radius 2 is 1.89 bits per heavy atom. The second-order valence-electron chi connectivity index (χ2n) is 6.30. The summed E-state index contributed by atoms with van der Waals surface area (Å²) in [4.78, 5) is 23.2. The topological polar surface area (TPSA) is 76.7 Å². The van der Waals surface area contributed by atoms with Crippen molar-refractivity contribution < 1.29 is 19.1 Å². The molecule has 162 valence electrons. The summed E-state index contributed by atoms with van der Waals surface area (Å²) in [5, 5.41) is 5.79. The Hall–Kier alpha value is -2.24.